The minimum atomic E-state index is -0.602. The summed E-state index contributed by atoms with van der Waals surface area (Å²) >= 11 is 0. The molecule has 3 aromatic carbocycles. The van der Waals surface area contributed by atoms with Crippen LogP contribution in [0.4, 0.5) is 5.69 Å². The van der Waals surface area contributed by atoms with Gasteiger partial charge in [-0.2, -0.15) is 0 Å². The lowest BCUT2D eigenvalue weighted by Crippen LogP contribution is -2.49. The predicted octanol–water partition coefficient (Wildman–Crippen LogP) is 4.24. The molecule has 0 aliphatic carbocycles. The van der Waals surface area contributed by atoms with E-state index in [4.69, 9.17) is 9.47 Å². The molecule has 1 heterocycles. The number of amides is 1. The number of anilines is 1. The largest absolute Gasteiger partial charge is 0.463 e. The van der Waals surface area contributed by atoms with Crippen LogP contribution < -0.4 is 10.1 Å². The standard InChI is InChI=1S/C25H24N2O4/c28-24(26-20-11-13-22(14-12-20)31-21-9-5-2-6-10-21)17-23-25(29)30-16-15-27(23)18-19-7-3-1-4-8-19/h1-14,23H,15-18H2,(H,26,28)/t23-/m1/s1. The summed E-state index contributed by atoms with van der Waals surface area (Å²) in [5.74, 6) is 0.824. The maximum atomic E-state index is 12.6. The van der Waals surface area contributed by atoms with Crippen molar-refractivity contribution in [1.82, 2.24) is 4.90 Å². The second kappa shape index (κ2) is 9.91. The van der Waals surface area contributed by atoms with Crippen LogP contribution in [0.5, 0.6) is 11.5 Å². The molecule has 6 nitrogen and oxygen atoms in total. The van der Waals surface area contributed by atoms with Crippen LogP contribution in [0, 0.1) is 0 Å². The van der Waals surface area contributed by atoms with Gasteiger partial charge in [0.2, 0.25) is 5.91 Å². The van der Waals surface area contributed by atoms with Crippen molar-refractivity contribution in [1.29, 1.82) is 0 Å². The van der Waals surface area contributed by atoms with Gasteiger partial charge in [0.25, 0.3) is 0 Å². The topological polar surface area (TPSA) is 67.9 Å². The summed E-state index contributed by atoms with van der Waals surface area (Å²) in [4.78, 5) is 27.0. The van der Waals surface area contributed by atoms with E-state index >= 15 is 0 Å². The summed E-state index contributed by atoms with van der Waals surface area (Å²) in [5.41, 5.74) is 1.74. The van der Waals surface area contributed by atoms with Crippen molar-refractivity contribution < 1.29 is 19.1 Å². The first-order chi connectivity index (χ1) is 15.2. The summed E-state index contributed by atoms with van der Waals surface area (Å²) in [5, 5.41) is 2.86. The molecule has 31 heavy (non-hydrogen) atoms. The SMILES string of the molecule is O=C(C[C@@H]1C(=O)OCCN1Cc1ccccc1)Nc1ccc(Oc2ccccc2)cc1. The number of morpholine rings is 1. The predicted molar refractivity (Wildman–Crippen MR) is 118 cm³/mol. The third-order valence-corrected chi connectivity index (χ3v) is 5.06. The molecule has 0 saturated carbocycles. The maximum absolute atomic E-state index is 12.6. The quantitative estimate of drug-likeness (QED) is 0.584. The zero-order chi connectivity index (χ0) is 21.5. The van der Waals surface area contributed by atoms with Crippen LogP contribution >= 0.6 is 0 Å². The number of esters is 1. The Morgan fingerprint density at radius 2 is 1.58 bits per heavy atom. The highest BCUT2D eigenvalue weighted by Crippen LogP contribution is 2.23. The number of benzene rings is 3. The van der Waals surface area contributed by atoms with Gasteiger partial charge in [-0.15, -0.1) is 0 Å². The molecule has 0 bridgehead atoms. The van der Waals surface area contributed by atoms with Gasteiger partial charge in [-0.1, -0.05) is 48.5 Å². The van der Waals surface area contributed by atoms with Crippen molar-refractivity contribution in [2.75, 3.05) is 18.5 Å². The van der Waals surface area contributed by atoms with Crippen LogP contribution in [0.15, 0.2) is 84.9 Å². The van der Waals surface area contributed by atoms with Crippen molar-refractivity contribution >= 4 is 17.6 Å². The zero-order valence-corrected chi connectivity index (χ0v) is 17.1. The molecule has 0 spiro atoms. The third kappa shape index (κ3) is 5.71. The number of cyclic esters (lactones) is 1. The first kappa shape index (κ1) is 20.6. The Morgan fingerprint density at radius 1 is 0.935 bits per heavy atom. The third-order valence-electron chi connectivity index (χ3n) is 5.06. The summed E-state index contributed by atoms with van der Waals surface area (Å²) in [6.07, 6.45) is 0.0356. The molecule has 0 unspecified atom stereocenters. The van der Waals surface area contributed by atoms with Crippen LogP contribution in [0.1, 0.15) is 12.0 Å². The molecule has 1 aliphatic rings. The number of carbonyl (C=O) groups excluding carboxylic acids is 2. The molecule has 3 aromatic rings. The van der Waals surface area contributed by atoms with Gasteiger partial charge in [-0.05, 0) is 42.0 Å². The summed E-state index contributed by atoms with van der Waals surface area (Å²) in [6.45, 7) is 1.54. The average Bonchev–Trinajstić information content (AvgIpc) is 2.79. The Hall–Kier alpha value is -3.64. The minimum Gasteiger partial charge on any atom is -0.463 e. The fourth-order valence-electron chi connectivity index (χ4n) is 3.50. The Kier molecular flexibility index (Phi) is 6.59. The van der Waals surface area contributed by atoms with Crippen LogP contribution in [-0.4, -0.2) is 36.0 Å². The lowest BCUT2D eigenvalue weighted by Gasteiger charge is -2.33. The van der Waals surface area contributed by atoms with Crippen LogP contribution in [0.25, 0.3) is 0 Å². The molecule has 4 rings (SSSR count). The molecule has 1 fully saturated rings. The molecule has 1 atom stereocenters. The average molecular weight is 416 g/mol. The van der Waals surface area contributed by atoms with Gasteiger partial charge in [0, 0.05) is 18.8 Å². The molecule has 6 heteroatoms. The van der Waals surface area contributed by atoms with Crippen molar-refractivity contribution in [2.24, 2.45) is 0 Å². The van der Waals surface area contributed by atoms with E-state index in [1.54, 1.807) is 24.3 Å². The van der Waals surface area contributed by atoms with E-state index in [9.17, 15) is 9.59 Å². The molecular weight excluding hydrogens is 392 g/mol. The molecule has 0 aromatic heterocycles. The number of rotatable bonds is 7. The van der Waals surface area contributed by atoms with Gasteiger partial charge >= 0.3 is 5.97 Å². The Morgan fingerprint density at radius 3 is 2.29 bits per heavy atom. The first-order valence-corrected chi connectivity index (χ1v) is 10.2. The fraction of sp³-hybridized carbons (Fsp3) is 0.200. The number of nitrogens with one attached hydrogen (secondary N) is 1. The van der Waals surface area contributed by atoms with Crippen molar-refractivity contribution in [3.8, 4) is 11.5 Å². The summed E-state index contributed by atoms with van der Waals surface area (Å²) in [7, 11) is 0. The van der Waals surface area contributed by atoms with Crippen LogP contribution in [-0.2, 0) is 20.9 Å². The lowest BCUT2D eigenvalue weighted by molar-refractivity contribution is -0.159. The zero-order valence-electron chi connectivity index (χ0n) is 17.1. The summed E-state index contributed by atoms with van der Waals surface area (Å²) in [6, 6.07) is 25.9. The van der Waals surface area contributed by atoms with Gasteiger partial charge < -0.3 is 14.8 Å². The molecule has 158 valence electrons. The number of carbonyl (C=O) groups is 2. The molecular formula is C25H24N2O4. The van der Waals surface area contributed by atoms with E-state index in [1.807, 2.05) is 65.6 Å². The lowest BCUT2D eigenvalue weighted by atomic mass is 10.1. The second-order valence-corrected chi connectivity index (χ2v) is 7.33. The van der Waals surface area contributed by atoms with Crippen LogP contribution in [0.2, 0.25) is 0 Å². The van der Waals surface area contributed by atoms with Crippen molar-refractivity contribution in [3.63, 3.8) is 0 Å². The number of hydrogen-bond acceptors (Lipinski definition) is 5. The Labute approximate surface area is 181 Å². The molecule has 1 amide bonds. The van der Waals surface area contributed by atoms with Crippen LogP contribution in [0.3, 0.4) is 0 Å². The Balaban J connectivity index is 1.35. The van der Waals surface area contributed by atoms with Gasteiger partial charge in [0.1, 0.15) is 24.1 Å². The first-order valence-electron chi connectivity index (χ1n) is 10.2. The fourth-order valence-corrected chi connectivity index (χ4v) is 3.50. The molecule has 1 aliphatic heterocycles. The molecule has 1 N–H and O–H groups in total. The minimum absolute atomic E-state index is 0.0356. The highest BCUT2D eigenvalue weighted by molar-refractivity contribution is 5.94. The van der Waals surface area contributed by atoms with E-state index in [-0.39, 0.29) is 18.3 Å². The second-order valence-electron chi connectivity index (χ2n) is 7.33. The van der Waals surface area contributed by atoms with Crippen molar-refractivity contribution in [2.45, 2.75) is 19.0 Å². The highest BCUT2D eigenvalue weighted by Gasteiger charge is 2.33. The molecule has 0 radical (unpaired) electrons. The molecule has 1 saturated heterocycles. The van der Waals surface area contributed by atoms with E-state index in [0.717, 1.165) is 11.3 Å². The highest BCUT2D eigenvalue weighted by atomic mass is 16.5. The normalized spacial score (nSPS) is 16.4. The van der Waals surface area contributed by atoms with E-state index in [1.165, 1.54) is 0 Å². The van der Waals surface area contributed by atoms with Crippen molar-refractivity contribution in [3.05, 3.63) is 90.5 Å². The monoisotopic (exact) mass is 416 g/mol. The van der Waals surface area contributed by atoms with Gasteiger partial charge in [-0.3, -0.25) is 14.5 Å². The number of nitrogens with zero attached hydrogens (tertiary/aromatic N) is 1. The number of hydrogen-bond donors (Lipinski definition) is 1. The van der Waals surface area contributed by atoms with E-state index < -0.39 is 6.04 Å². The van der Waals surface area contributed by atoms with E-state index in [0.29, 0.717) is 31.1 Å². The van der Waals surface area contributed by atoms with E-state index in [2.05, 4.69) is 5.32 Å². The number of ether oxygens (including phenoxy) is 2. The Bertz CT molecular complexity index is 1010. The smallest absolute Gasteiger partial charge is 0.323 e. The van der Waals surface area contributed by atoms with Gasteiger partial charge in [-0.25, -0.2) is 0 Å². The summed E-state index contributed by atoms with van der Waals surface area (Å²) < 4.78 is 11.0. The maximum Gasteiger partial charge on any atom is 0.323 e. The van der Waals surface area contributed by atoms with Gasteiger partial charge in [0.15, 0.2) is 0 Å². The number of para-hydroxylation sites is 1. The van der Waals surface area contributed by atoms with Gasteiger partial charge in [0.05, 0.1) is 6.42 Å².